The Labute approximate surface area is 105 Å². The zero-order valence-electron chi connectivity index (χ0n) is 9.37. The maximum absolute atomic E-state index is 11.6. The van der Waals surface area contributed by atoms with Crippen molar-refractivity contribution in [2.45, 2.75) is 24.9 Å². The second-order valence-corrected chi connectivity index (χ2v) is 4.77. The molecule has 0 bridgehead atoms. The number of para-hydroxylation sites is 1. The summed E-state index contributed by atoms with van der Waals surface area (Å²) in [7, 11) is 0. The second kappa shape index (κ2) is 4.94. The van der Waals surface area contributed by atoms with Gasteiger partial charge in [-0.2, -0.15) is 0 Å². The summed E-state index contributed by atoms with van der Waals surface area (Å²) < 4.78 is 0. The van der Waals surface area contributed by atoms with Crippen molar-refractivity contribution in [3.63, 3.8) is 0 Å². The topological polar surface area (TPSA) is 61.4 Å². The number of nitrogens with one attached hydrogen (secondary N) is 2. The van der Waals surface area contributed by atoms with Crippen molar-refractivity contribution in [3.05, 3.63) is 29.3 Å². The van der Waals surface area contributed by atoms with Crippen LogP contribution < -0.4 is 10.6 Å². The predicted octanol–water partition coefficient (Wildman–Crippen LogP) is 2.38. The fourth-order valence-electron chi connectivity index (χ4n) is 1.74. The van der Waals surface area contributed by atoms with Gasteiger partial charge in [0.05, 0.1) is 16.3 Å². The van der Waals surface area contributed by atoms with E-state index in [0.717, 1.165) is 19.3 Å². The number of amides is 2. The smallest absolute Gasteiger partial charge is 0.319 e. The van der Waals surface area contributed by atoms with E-state index in [2.05, 4.69) is 10.6 Å². The van der Waals surface area contributed by atoms with Crippen molar-refractivity contribution in [1.29, 1.82) is 0 Å². The molecule has 1 aromatic carbocycles. The van der Waals surface area contributed by atoms with Gasteiger partial charge < -0.3 is 15.7 Å². The molecule has 2 amide bonds. The van der Waals surface area contributed by atoms with Crippen LogP contribution in [-0.4, -0.2) is 23.3 Å². The number of hydrogen-bond donors (Lipinski definition) is 3. The van der Waals surface area contributed by atoms with Gasteiger partial charge >= 0.3 is 6.03 Å². The maximum Gasteiger partial charge on any atom is 0.319 e. The second-order valence-electron chi connectivity index (χ2n) is 4.37. The summed E-state index contributed by atoms with van der Waals surface area (Å²) in [5.41, 5.74) is -0.148. The maximum atomic E-state index is 11.6. The van der Waals surface area contributed by atoms with E-state index in [1.165, 1.54) is 0 Å². The Morgan fingerprint density at radius 2 is 2.12 bits per heavy atom. The molecule has 0 radical (unpaired) electrons. The van der Waals surface area contributed by atoms with Crippen LogP contribution in [0.5, 0.6) is 0 Å². The fraction of sp³-hybridized carbons (Fsp3) is 0.417. The van der Waals surface area contributed by atoms with Gasteiger partial charge in [0.2, 0.25) is 0 Å². The third-order valence-electron chi connectivity index (χ3n) is 2.98. The molecule has 92 valence electrons. The van der Waals surface area contributed by atoms with Crippen molar-refractivity contribution in [1.82, 2.24) is 5.32 Å². The highest BCUT2D eigenvalue weighted by molar-refractivity contribution is 6.33. The average molecular weight is 255 g/mol. The highest BCUT2D eigenvalue weighted by Gasteiger charge is 2.34. The summed E-state index contributed by atoms with van der Waals surface area (Å²) in [6, 6.07) is 6.67. The zero-order chi connectivity index (χ0) is 12.3. The van der Waals surface area contributed by atoms with Crippen LogP contribution in [-0.2, 0) is 0 Å². The van der Waals surface area contributed by atoms with Crippen LogP contribution in [0.2, 0.25) is 5.02 Å². The van der Waals surface area contributed by atoms with Crippen molar-refractivity contribution in [2.24, 2.45) is 0 Å². The van der Waals surface area contributed by atoms with Gasteiger partial charge in [-0.15, -0.1) is 0 Å². The Hall–Kier alpha value is -1.26. The zero-order valence-corrected chi connectivity index (χ0v) is 10.1. The Balaban J connectivity index is 1.83. The molecule has 3 N–H and O–H groups in total. The largest absolute Gasteiger partial charge is 0.388 e. The lowest BCUT2D eigenvalue weighted by atomic mass is 9.80. The molecule has 0 aliphatic heterocycles. The van der Waals surface area contributed by atoms with E-state index in [0.29, 0.717) is 10.7 Å². The van der Waals surface area contributed by atoms with E-state index in [4.69, 9.17) is 11.6 Å². The fourth-order valence-corrected chi connectivity index (χ4v) is 1.92. The van der Waals surface area contributed by atoms with Gasteiger partial charge in [-0.25, -0.2) is 4.79 Å². The number of carbonyl (C=O) groups is 1. The molecule has 0 saturated heterocycles. The van der Waals surface area contributed by atoms with Crippen LogP contribution in [0.1, 0.15) is 19.3 Å². The number of rotatable bonds is 3. The molecule has 1 aromatic rings. The van der Waals surface area contributed by atoms with Crippen LogP contribution in [0.25, 0.3) is 0 Å². The van der Waals surface area contributed by atoms with Gasteiger partial charge in [-0.1, -0.05) is 23.7 Å². The number of carbonyl (C=O) groups excluding carboxylic acids is 1. The minimum atomic E-state index is -0.710. The number of hydrogen-bond acceptors (Lipinski definition) is 2. The number of benzene rings is 1. The summed E-state index contributed by atoms with van der Waals surface area (Å²) >= 11 is 5.90. The normalized spacial score (nSPS) is 17.1. The molecule has 17 heavy (non-hydrogen) atoms. The first-order valence-electron chi connectivity index (χ1n) is 5.61. The molecule has 2 rings (SSSR count). The van der Waals surface area contributed by atoms with Crippen molar-refractivity contribution in [3.8, 4) is 0 Å². The first-order chi connectivity index (χ1) is 8.09. The number of anilines is 1. The molecule has 1 fully saturated rings. The van der Waals surface area contributed by atoms with E-state index in [1.807, 2.05) is 0 Å². The van der Waals surface area contributed by atoms with E-state index in [9.17, 15) is 9.90 Å². The standard InChI is InChI=1S/C12H15ClN2O2/c13-9-4-1-2-5-10(9)15-11(16)14-8-12(17)6-3-7-12/h1-2,4-5,17H,3,6-8H2,(H2,14,15,16). The molecule has 0 spiro atoms. The highest BCUT2D eigenvalue weighted by Crippen LogP contribution is 2.30. The minimum Gasteiger partial charge on any atom is -0.388 e. The van der Waals surface area contributed by atoms with Gasteiger partial charge in [0.1, 0.15) is 0 Å². The average Bonchev–Trinajstić information content (AvgIpc) is 2.27. The minimum absolute atomic E-state index is 0.281. The molecule has 1 aliphatic carbocycles. The van der Waals surface area contributed by atoms with Crippen molar-refractivity contribution in [2.75, 3.05) is 11.9 Å². The van der Waals surface area contributed by atoms with E-state index in [-0.39, 0.29) is 12.6 Å². The SMILES string of the molecule is O=C(NCC1(O)CCC1)Nc1ccccc1Cl. The van der Waals surface area contributed by atoms with Gasteiger partial charge in [-0.05, 0) is 31.4 Å². The molecule has 4 nitrogen and oxygen atoms in total. The van der Waals surface area contributed by atoms with E-state index in [1.54, 1.807) is 24.3 Å². The Morgan fingerprint density at radius 1 is 1.41 bits per heavy atom. The lowest BCUT2D eigenvalue weighted by Gasteiger charge is -2.36. The molecular formula is C12H15ClN2O2. The Bertz CT molecular complexity index is 419. The quantitative estimate of drug-likeness (QED) is 0.776. The summed E-state index contributed by atoms with van der Waals surface area (Å²) in [4.78, 5) is 11.6. The molecule has 1 saturated carbocycles. The van der Waals surface area contributed by atoms with Gasteiger partial charge in [0, 0.05) is 6.54 Å². The van der Waals surface area contributed by atoms with Crippen LogP contribution in [0.4, 0.5) is 10.5 Å². The Kier molecular flexibility index (Phi) is 3.54. The van der Waals surface area contributed by atoms with Crippen LogP contribution in [0.15, 0.2) is 24.3 Å². The number of urea groups is 1. The van der Waals surface area contributed by atoms with Crippen molar-refractivity contribution >= 4 is 23.3 Å². The van der Waals surface area contributed by atoms with Gasteiger partial charge in [0.25, 0.3) is 0 Å². The Morgan fingerprint density at radius 3 is 2.71 bits per heavy atom. The summed E-state index contributed by atoms with van der Waals surface area (Å²) in [5.74, 6) is 0. The van der Waals surface area contributed by atoms with Crippen LogP contribution in [0.3, 0.4) is 0 Å². The molecule has 0 heterocycles. The molecule has 5 heteroatoms. The third kappa shape index (κ3) is 3.11. The van der Waals surface area contributed by atoms with Gasteiger partial charge in [0.15, 0.2) is 0 Å². The van der Waals surface area contributed by atoms with Gasteiger partial charge in [-0.3, -0.25) is 0 Å². The lowest BCUT2D eigenvalue weighted by molar-refractivity contribution is -0.0287. The van der Waals surface area contributed by atoms with Crippen LogP contribution >= 0.6 is 11.6 Å². The molecular weight excluding hydrogens is 240 g/mol. The monoisotopic (exact) mass is 254 g/mol. The van der Waals surface area contributed by atoms with Crippen LogP contribution in [0, 0.1) is 0 Å². The first kappa shape index (κ1) is 12.2. The summed E-state index contributed by atoms with van der Waals surface area (Å²) in [5, 5.41) is 15.6. The molecule has 0 unspecified atom stereocenters. The summed E-state index contributed by atoms with van der Waals surface area (Å²) in [6.07, 6.45) is 2.52. The third-order valence-corrected chi connectivity index (χ3v) is 3.31. The van der Waals surface area contributed by atoms with E-state index >= 15 is 0 Å². The lowest BCUT2D eigenvalue weighted by Crippen LogP contribution is -2.48. The molecule has 0 aromatic heterocycles. The summed E-state index contributed by atoms with van der Waals surface area (Å²) in [6.45, 7) is 0.281. The highest BCUT2D eigenvalue weighted by atomic mass is 35.5. The first-order valence-corrected chi connectivity index (χ1v) is 5.99. The van der Waals surface area contributed by atoms with E-state index < -0.39 is 5.60 Å². The predicted molar refractivity (Wildman–Crippen MR) is 67.3 cm³/mol. The number of halogens is 1. The molecule has 1 aliphatic rings. The van der Waals surface area contributed by atoms with Crippen molar-refractivity contribution < 1.29 is 9.90 Å². The number of aliphatic hydroxyl groups is 1. The molecule has 0 atom stereocenters.